The van der Waals surface area contributed by atoms with E-state index in [1.54, 1.807) is 18.2 Å². The number of piperidine rings is 1. The van der Waals surface area contributed by atoms with Crippen molar-refractivity contribution in [2.75, 3.05) is 25.4 Å². The Morgan fingerprint density at radius 1 is 1.58 bits per heavy atom. The van der Waals surface area contributed by atoms with Crippen molar-refractivity contribution >= 4 is 23.2 Å². The predicted octanol–water partition coefficient (Wildman–Crippen LogP) is 2.14. The predicted molar refractivity (Wildman–Crippen MR) is 78.5 cm³/mol. The normalized spacial score (nSPS) is 20.2. The molecule has 3 N–H and O–H groups in total. The minimum atomic E-state index is -0.0775. The van der Waals surface area contributed by atoms with Gasteiger partial charge in [-0.25, -0.2) is 0 Å². The van der Waals surface area contributed by atoms with Gasteiger partial charge in [-0.05, 0) is 44.1 Å². The molecule has 0 aliphatic carbocycles. The summed E-state index contributed by atoms with van der Waals surface area (Å²) in [6, 6.07) is 5.20. The number of likely N-dealkylation sites (N-methyl/N-ethyl adjacent to an activating group) is 1. The van der Waals surface area contributed by atoms with Crippen molar-refractivity contribution in [2.45, 2.75) is 25.8 Å². The molecule has 5 heteroatoms. The summed E-state index contributed by atoms with van der Waals surface area (Å²) in [6.45, 7) is 5.21. The smallest absolute Gasteiger partial charge is 0.251 e. The van der Waals surface area contributed by atoms with Crippen LogP contribution in [-0.4, -0.2) is 36.5 Å². The molecule has 1 aliphatic heterocycles. The van der Waals surface area contributed by atoms with E-state index in [2.05, 4.69) is 17.1 Å². The maximum Gasteiger partial charge on any atom is 0.251 e. The molecule has 2 rings (SSSR count). The average molecular weight is 282 g/mol. The summed E-state index contributed by atoms with van der Waals surface area (Å²) in [5.41, 5.74) is 6.72. The first kappa shape index (κ1) is 14.2. The lowest BCUT2D eigenvalue weighted by molar-refractivity contribution is 0.0906. The number of hydrogen-bond acceptors (Lipinski definition) is 3. The van der Waals surface area contributed by atoms with E-state index in [0.717, 1.165) is 32.5 Å². The summed E-state index contributed by atoms with van der Waals surface area (Å²) in [5, 5.41) is 3.55. The average Bonchev–Trinajstić information content (AvgIpc) is 2.42. The van der Waals surface area contributed by atoms with Crippen LogP contribution in [-0.2, 0) is 0 Å². The molecule has 4 nitrogen and oxygen atoms in total. The summed E-state index contributed by atoms with van der Waals surface area (Å²) >= 11 is 5.85. The maximum atomic E-state index is 12.1. The van der Waals surface area contributed by atoms with Gasteiger partial charge in [0.2, 0.25) is 0 Å². The lowest BCUT2D eigenvalue weighted by atomic mass is 10.0. The van der Waals surface area contributed by atoms with Crippen LogP contribution in [0.2, 0.25) is 5.02 Å². The van der Waals surface area contributed by atoms with Crippen LogP contribution in [0.5, 0.6) is 0 Å². The minimum Gasteiger partial charge on any atom is -0.398 e. The second-order valence-electron chi connectivity index (χ2n) is 4.94. The molecule has 0 bridgehead atoms. The first-order valence-corrected chi connectivity index (χ1v) is 7.06. The zero-order valence-corrected chi connectivity index (χ0v) is 11.9. The van der Waals surface area contributed by atoms with Gasteiger partial charge >= 0.3 is 0 Å². The number of rotatable bonds is 3. The van der Waals surface area contributed by atoms with Gasteiger partial charge in [-0.1, -0.05) is 18.5 Å². The summed E-state index contributed by atoms with van der Waals surface area (Å²) < 4.78 is 0. The number of nitrogen functional groups attached to an aromatic ring is 1. The zero-order chi connectivity index (χ0) is 13.8. The second kappa shape index (κ2) is 6.26. The Balaban J connectivity index is 1.98. The fraction of sp³-hybridized carbons (Fsp3) is 0.500. The fourth-order valence-corrected chi connectivity index (χ4v) is 2.53. The summed E-state index contributed by atoms with van der Waals surface area (Å²) in [4.78, 5) is 14.5. The van der Waals surface area contributed by atoms with Crippen molar-refractivity contribution in [1.82, 2.24) is 10.2 Å². The van der Waals surface area contributed by atoms with Crippen LogP contribution in [0.25, 0.3) is 0 Å². The van der Waals surface area contributed by atoms with E-state index in [-0.39, 0.29) is 11.9 Å². The maximum absolute atomic E-state index is 12.1. The topological polar surface area (TPSA) is 58.4 Å². The van der Waals surface area contributed by atoms with Crippen LogP contribution < -0.4 is 11.1 Å². The van der Waals surface area contributed by atoms with Crippen molar-refractivity contribution in [3.05, 3.63) is 28.8 Å². The second-order valence-corrected chi connectivity index (χ2v) is 5.35. The molecular weight excluding hydrogens is 262 g/mol. The Kier molecular flexibility index (Phi) is 4.66. The van der Waals surface area contributed by atoms with E-state index in [4.69, 9.17) is 17.3 Å². The molecule has 1 aromatic rings. The molecule has 0 spiro atoms. The van der Waals surface area contributed by atoms with E-state index in [1.807, 2.05) is 0 Å². The van der Waals surface area contributed by atoms with E-state index in [0.29, 0.717) is 16.3 Å². The molecule has 1 aliphatic rings. The summed E-state index contributed by atoms with van der Waals surface area (Å²) in [5.74, 6) is -0.0775. The Morgan fingerprint density at radius 3 is 3.05 bits per heavy atom. The number of halogens is 1. The van der Waals surface area contributed by atoms with Crippen molar-refractivity contribution < 1.29 is 4.79 Å². The number of benzene rings is 1. The molecule has 1 amide bonds. The number of nitrogens with two attached hydrogens (primary N) is 1. The highest BCUT2D eigenvalue weighted by Gasteiger charge is 2.20. The van der Waals surface area contributed by atoms with Crippen LogP contribution in [0.1, 0.15) is 30.1 Å². The van der Waals surface area contributed by atoms with Gasteiger partial charge in [0.25, 0.3) is 5.91 Å². The third-order valence-electron chi connectivity index (χ3n) is 3.55. The highest BCUT2D eigenvalue weighted by Crippen LogP contribution is 2.19. The van der Waals surface area contributed by atoms with E-state index >= 15 is 0 Å². The molecule has 19 heavy (non-hydrogen) atoms. The monoisotopic (exact) mass is 281 g/mol. The standard InChI is InChI=1S/C14H20ClN3O/c1-2-18-7-3-4-11(9-18)17-14(19)10-5-6-12(15)13(16)8-10/h5-6,8,11H,2-4,7,9,16H2,1H3,(H,17,19). The molecule has 1 heterocycles. The van der Waals surface area contributed by atoms with Crippen LogP contribution in [0.3, 0.4) is 0 Å². The molecule has 104 valence electrons. The molecule has 1 unspecified atom stereocenters. The Morgan fingerprint density at radius 2 is 2.37 bits per heavy atom. The van der Waals surface area contributed by atoms with Gasteiger partial charge in [0, 0.05) is 18.2 Å². The summed E-state index contributed by atoms with van der Waals surface area (Å²) in [6.07, 6.45) is 2.16. The largest absolute Gasteiger partial charge is 0.398 e. The lowest BCUT2D eigenvalue weighted by Crippen LogP contribution is -2.47. The van der Waals surface area contributed by atoms with E-state index in [1.165, 1.54) is 0 Å². The number of hydrogen-bond donors (Lipinski definition) is 2. The Hall–Kier alpha value is -1.26. The molecule has 0 saturated carbocycles. The molecule has 1 atom stereocenters. The number of likely N-dealkylation sites (tertiary alicyclic amines) is 1. The summed E-state index contributed by atoms with van der Waals surface area (Å²) in [7, 11) is 0. The first-order chi connectivity index (χ1) is 9.10. The van der Waals surface area contributed by atoms with Crippen LogP contribution in [0.4, 0.5) is 5.69 Å². The number of nitrogens with one attached hydrogen (secondary N) is 1. The van der Waals surface area contributed by atoms with Crippen LogP contribution in [0, 0.1) is 0 Å². The van der Waals surface area contributed by atoms with Gasteiger partial charge in [0.1, 0.15) is 0 Å². The highest BCUT2D eigenvalue weighted by molar-refractivity contribution is 6.33. The van der Waals surface area contributed by atoms with Gasteiger partial charge in [-0.15, -0.1) is 0 Å². The van der Waals surface area contributed by atoms with Gasteiger partial charge in [0.05, 0.1) is 10.7 Å². The number of amides is 1. The molecular formula is C14H20ClN3O. The molecule has 1 aromatic carbocycles. The number of carbonyl (C=O) groups excluding carboxylic acids is 1. The van der Waals surface area contributed by atoms with Crippen molar-refractivity contribution in [3.8, 4) is 0 Å². The van der Waals surface area contributed by atoms with Gasteiger partial charge in [0.15, 0.2) is 0 Å². The number of nitrogens with zero attached hydrogens (tertiary/aromatic N) is 1. The zero-order valence-electron chi connectivity index (χ0n) is 11.2. The van der Waals surface area contributed by atoms with Crippen molar-refractivity contribution in [2.24, 2.45) is 0 Å². The van der Waals surface area contributed by atoms with Crippen molar-refractivity contribution in [1.29, 1.82) is 0 Å². The molecule has 0 radical (unpaired) electrons. The lowest BCUT2D eigenvalue weighted by Gasteiger charge is -2.32. The van der Waals surface area contributed by atoms with Gasteiger partial charge < -0.3 is 16.0 Å². The van der Waals surface area contributed by atoms with E-state index < -0.39 is 0 Å². The quantitative estimate of drug-likeness (QED) is 0.835. The van der Waals surface area contributed by atoms with Crippen LogP contribution in [0.15, 0.2) is 18.2 Å². The van der Waals surface area contributed by atoms with E-state index in [9.17, 15) is 4.79 Å². The third-order valence-corrected chi connectivity index (χ3v) is 3.89. The Labute approximate surface area is 118 Å². The van der Waals surface area contributed by atoms with Crippen molar-refractivity contribution in [3.63, 3.8) is 0 Å². The molecule has 1 saturated heterocycles. The Bertz CT molecular complexity index is 464. The SMILES string of the molecule is CCN1CCCC(NC(=O)c2ccc(Cl)c(N)c2)C1. The van der Waals surface area contributed by atoms with Gasteiger partial charge in [-0.2, -0.15) is 0 Å². The fourth-order valence-electron chi connectivity index (χ4n) is 2.41. The molecule has 1 fully saturated rings. The number of anilines is 1. The first-order valence-electron chi connectivity index (χ1n) is 6.68. The molecule has 0 aromatic heterocycles. The minimum absolute atomic E-state index is 0.0775. The third kappa shape index (κ3) is 3.61. The van der Waals surface area contributed by atoms with Crippen LogP contribution >= 0.6 is 11.6 Å². The number of carbonyl (C=O) groups is 1. The van der Waals surface area contributed by atoms with Gasteiger partial charge in [-0.3, -0.25) is 4.79 Å². The highest BCUT2D eigenvalue weighted by atomic mass is 35.5.